The highest BCUT2D eigenvalue weighted by molar-refractivity contribution is 7.92. The van der Waals surface area contributed by atoms with Crippen molar-refractivity contribution < 1.29 is 22.7 Å². The zero-order valence-electron chi connectivity index (χ0n) is 17.2. The molecule has 7 nitrogen and oxygen atoms in total. The number of amides is 1. The molecular formula is C21H28N2O5S. The number of hydrogen-bond acceptors (Lipinski definition) is 5. The summed E-state index contributed by atoms with van der Waals surface area (Å²) < 4.78 is 37.7. The molecule has 0 aliphatic rings. The minimum atomic E-state index is -3.66. The van der Waals surface area contributed by atoms with Crippen molar-refractivity contribution in [3.63, 3.8) is 0 Å². The molecule has 0 saturated carbocycles. The zero-order valence-corrected chi connectivity index (χ0v) is 18.0. The van der Waals surface area contributed by atoms with E-state index in [0.717, 1.165) is 5.56 Å². The molecular weight excluding hydrogens is 392 g/mol. The molecule has 2 aromatic carbocycles. The van der Waals surface area contributed by atoms with Gasteiger partial charge in [-0.15, -0.1) is 0 Å². The Balaban J connectivity index is 2.05. The molecule has 2 aromatic rings. The number of nitrogens with one attached hydrogen (secondary N) is 1. The third-order valence-electron chi connectivity index (χ3n) is 4.21. The molecule has 0 radical (unpaired) electrons. The van der Waals surface area contributed by atoms with Gasteiger partial charge in [0.05, 0.1) is 17.2 Å². The van der Waals surface area contributed by atoms with Crippen molar-refractivity contribution in [2.45, 2.75) is 31.7 Å². The largest absolute Gasteiger partial charge is 0.484 e. The highest BCUT2D eigenvalue weighted by Gasteiger charge is 2.23. The molecule has 0 heterocycles. The smallest absolute Gasteiger partial charge is 0.264 e. The Kier molecular flexibility index (Phi) is 8.04. The second kappa shape index (κ2) is 10.3. The van der Waals surface area contributed by atoms with E-state index in [1.807, 2.05) is 13.8 Å². The van der Waals surface area contributed by atoms with Gasteiger partial charge in [0.1, 0.15) is 5.75 Å². The van der Waals surface area contributed by atoms with E-state index in [4.69, 9.17) is 9.47 Å². The summed E-state index contributed by atoms with van der Waals surface area (Å²) in [5.74, 6) is 0.225. The lowest BCUT2D eigenvalue weighted by Crippen LogP contribution is -2.38. The summed E-state index contributed by atoms with van der Waals surface area (Å²) >= 11 is 0. The van der Waals surface area contributed by atoms with Gasteiger partial charge in [-0.05, 0) is 57.2 Å². The Morgan fingerprint density at radius 2 is 1.72 bits per heavy atom. The predicted octanol–water partition coefficient (Wildman–Crippen LogP) is 2.74. The van der Waals surface area contributed by atoms with Crippen LogP contribution < -0.4 is 14.4 Å². The molecule has 0 aromatic heterocycles. The van der Waals surface area contributed by atoms with Crippen molar-refractivity contribution in [1.82, 2.24) is 5.32 Å². The average Bonchev–Trinajstić information content (AvgIpc) is 2.68. The second-order valence-corrected chi connectivity index (χ2v) is 8.55. The van der Waals surface area contributed by atoms with Gasteiger partial charge in [-0.1, -0.05) is 17.7 Å². The van der Waals surface area contributed by atoms with Crippen LogP contribution in [0.4, 0.5) is 5.69 Å². The van der Waals surface area contributed by atoms with E-state index >= 15 is 0 Å². The minimum absolute atomic E-state index is 0.108. The molecule has 0 unspecified atom stereocenters. The SMILES string of the molecule is CCN(c1ccc(OCC(=O)N[C@H](C)COC)cc1)S(=O)(=O)c1ccc(C)cc1. The Labute approximate surface area is 172 Å². The first-order valence-corrected chi connectivity index (χ1v) is 10.8. The lowest BCUT2D eigenvalue weighted by molar-refractivity contribution is -0.124. The van der Waals surface area contributed by atoms with Crippen molar-refractivity contribution >= 4 is 21.6 Å². The monoisotopic (exact) mass is 420 g/mol. The quantitative estimate of drug-likeness (QED) is 0.639. The summed E-state index contributed by atoms with van der Waals surface area (Å²) in [6, 6.07) is 13.3. The Hall–Kier alpha value is -2.58. The zero-order chi connectivity index (χ0) is 21.4. The molecule has 0 bridgehead atoms. The number of anilines is 1. The molecule has 0 aliphatic carbocycles. The third kappa shape index (κ3) is 6.20. The lowest BCUT2D eigenvalue weighted by atomic mass is 10.2. The number of sulfonamides is 1. The van der Waals surface area contributed by atoms with E-state index in [1.165, 1.54) is 4.31 Å². The number of methoxy groups -OCH3 is 1. The van der Waals surface area contributed by atoms with E-state index in [-0.39, 0.29) is 30.0 Å². The normalized spacial score (nSPS) is 12.3. The maximum Gasteiger partial charge on any atom is 0.264 e. The van der Waals surface area contributed by atoms with E-state index in [9.17, 15) is 13.2 Å². The van der Waals surface area contributed by atoms with E-state index in [0.29, 0.717) is 18.0 Å². The number of rotatable bonds is 10. The standard InChI is InChI=1S/C21H28N2O5S/c1-5-23(29(25,26)20-12-6-16(2)7-13-20)18-8-10-19(11-9-18)28-15-21(24)22-17(3)14-27-4/h6-13,17H,5,14-15H2,1-4H3,(H,22,24)/t17-/m1/s1. The van der Waals surface area contributed by atoms with Crippen LogP contribution in [0.3, 0.4) is 0 Å². The molecule has 158 valence electrons. The van der Waals surface area contributed by atoms with Gasteiger partial charge in [-0.2, -0.15) is 0 Å². The van der Waals surface area contributed by atoms with E-state index in [2.05, 4.69) is 5.32 Å². The molecule has 1 N–H and O–H groups in total. The Bertz CT molecular complexity index is 896. The molecule has 8 heteroatoms. The number of nitrogens with zero attached hydrogens (tertiary/aromatic N) is 1. The maximum atomic E-state index is 13.0. The maximum absolute atomic E-state index is 13.0. The van der Waals surface area contributed by atoms with Crippen LogP contribution in [-0.4, -0.2) is 47.2 Å². The number of ether oxygens (including phenoxy) is 2. The number of carbonyl (C=O) groups excluding carboxylic acids is 1. The summed E-state index contributed by atoms with van der Waals surface area (Å²) in [5, 5.41) is 2.76. The molecule has 0 fully saturated rings. The van der Waals surface area contributed by atoms with Crippen LogP contribution >= 0.6 is 0 Å². The van der Waals surface area contributed by atoms with Crippen molar-refractivity contribution in [1.29, 1.82) is 0 Å². The molecule has 0 saturated heterocycles. The Morgan fingerprint density at radius 1 is 1.10 bits per heavy atom. The van der Waals surface area contributed by atoms with Crippen molar-refractivity contribution in [3.05, 3.63) is 54.1 Å². The summed E-state index contributed by atoms with van der Waals surface area (Å²) in [7, 11) is -2.09. The first-order valence-electron chi connectivity index (χ1n) is 9.38. The van der Waals surface area contributed by atoms with Gasteiger partial charge in [-0.25, -0.2) is 8.42 Å². The number of benzene rings is 2. The van der Waals surface area contributed by atoms with Gasteiger partial charge in [-0.3, -0.25) is 9.10 Å². The fraction of sp³-hybridized carbons (Fsp3) is 0.381. The van der Waals surface area contributed by atoms with Crippen LogP contribution in [0.15, 0.2) is 53.4 Å². The van der Waals surface area contributed by atoms with Crippen LogP contribution in [0.5, 0.6) is 5.75 Å². The number of aryl methyl sites for hydroxylation is 1. The van der Waals surface area contributed by atoms with Gasteiger partial charge >= 0.3 is 0 Å². The summed E-state index contributed by atoms with van der Waals surface area (Å²) in [5.41, 5.74) is 1.52. The number of carbonyl (C=O) groups is 1. The van der Waals surface area contributed by atoms with Gasteiger partial charge in [0.25, 0.3) is 15.9 Å². The molecule has 0 spiro atoms. The van der Waals surface area contributed by atoms with E-state index < -0.39 is 10.0 Å². The number of hydrogen-bond donors (Lipinski definition) is 1. The lowest BCUT2D eigenvalue weighted by Gasteiger charge is -2.23. The second-order valence-electron chi connectivity index (χ2n) is 6.69. The van der Waals surface area contributed by atoms with Gasteiger partial charge < -0.3 is 14.8 Å². The molecule has 0 aliphatic heterocycles. The molecule has 1 amide bonds. The fourth-order valence-corrected chi connectivity index (χ4v) is 4.27. The summed E-state index contributed by atoms with van der Waals surface area (Å²) in [6.45, 7) is 6.10. The predicted molar refractivity (Wildman–Crippen MR) is 113 cm³/mol. The third-order valence-corrected chi connectivity index (χ3v) is 6.13. The van der Waals surface area contributed by atoms with Crippen molar-refractivity contribution in [2.75, 3.05) is 31.2 Å². The van der Waals surface area contributed by atoms with Gasteiger partial charge in [0, 0.05) is 19.7 Å². The first kappa shape index (κ1) is 22.7. The van der Waals surface area contributed by atoms with Crippen LogP contribution in [0.25, 0.3) is 0 Å². The minimum Gasteiger partial charge on any atom is -0.484 e. The topological polar surface area (TPSA) is 84.9 Å². The Morgan fingerprint density at radius 3 is 2.28 bits per heavy atom. The van der Waals surface area contributed by atoms with Gasteiger partial charge in [0.2, 0.25) is 0 Å². The average molecular weight is 421 g/mol. The molecule has 29 heavy (non-hydrogen) atoms. The summed E-state index contributed by atoms with van der Waals surface area (Å²) in [4.78, 5) is 12.1. The molecule has 2 rings (SSSR count). The highest BCUT2D eigenvalue weighted by atomic mass is 32.2. The first-order chi connectivity index (χ1) is 13.8. The van der Waals surface area contributed by atoms with Crippen LogP contribution in [0, 0.1) is 6.92 Å². The summed E-state index contributed by atoms with van der Waals surface area (Å²) in [6.07, 6.45) is 0. The fourth-order valence-electron chi connectivity index (χ4n) is 2.79. The van der Waals surface area contributed by atoms with Crippen molar-refractivity contribution in [2.24, 2.45) is 0 Å². The van der Waals surface area contributed by atoms with Crippen LogP contribution in [-0.2, 0) is 19.6 Å². The van der Waals surface area contributed by atoms with Crippen LogP contribution in [0.1, 0.15) is 19.4 Å². The highest BCUT2D eigenvalue weighted by Crippen LogP contribution is 2.25. The van der Waals surface area contributed by atoms with Gasteiger partial charge in [0.15, 0.2) is 6.61 Å². The molecule has 1 atom stereocenters. The van der Waals surface area contributed by atoms with Crippen molar-refractivity contribution in [3.8, 4) is 5.75 Å². The van der Waals surface area contributed by atoms with E-state index in [1.54, 1.807) is 62.6 Å². The van der Waals surface area contributed by atoms with Crippen LogP contribution in [0.2, 0.25) is 0 Å².